The summed E-state index contributed by atoms with van der Waals surface area (Å²) in [6.45, 7) is 2.45. The third kappa shape index (κ3) is 3.11. The van der Waals surface area contributed by atoms with Gasteiger partial charge in [-0.3, -0.25) is 4.79 Å². The highest BCUT2D eigenvalue weighted by Gasteiger charge is 2.23. The number of hydrogen-bond acceptors (Lipinski definition) is 4. The van der Waals surface area contributed by atoms with Crippen LogP contribution in [0.5, 0.6) is 0 Å². The van der Waals surface area contributed by atoms with Gasteiger partial charge in [-0.2, -0.15) is 5.10 Å². The number of rotatable bonds is 6. The largest absolute Gasteiger partial charge is 0.371 e. The predicted octanol–water partition coefficient (Wildman–Crippen LogP) is 1.07. The molecule has 100 valence electrons. The fourth-order valence-corrected chi connectivity index (χ4v) is 2.41. The van der Waals surface area contributed by atoms with Gasteiger partial charge in [-0.25, -0.2) is 4.68 Å². The van der Waals surface area contributed by atoms with Crippen molar-refractivity contribution < 1.29 is 0 Å². The summed E-state index contributed by atoms with van der Waals surface area (Å²) in [5, 5.41) is 7.35. The van der Waals surface area contributed by atoms with Gasteiger partial charge in [0.2, 0.25) is 0 Å². The minimum Gasteiger partial charge on any atom is -0.371 e. The lowest BCUT2D eigenvalue weighted by Gasteiger charge is -2.20. The van der Waals surface area contributed by atoms with Gasteiger partial charge in [-0.1, -0.05) is 0 Å². The van der Waals surface area contributed by atoms with Crippen LogP contribution in [0.25, 0.3) is 0 Å². The molecule has 1 N–H and O–H groups in total. The van der Waals surface area contributed by atoms with Gasteiger partial charge in [0.15, 0.2) is 0 Å². The third-order valence-corrected chi connectivity index (χ3v) is 3.95. The molecule has 0 amide bonds. The van der Waals surface area contributed by atoms with Crippen molar-refractivity contribution in [1.29, 1.82) is 0 Å². The van der Waals surface area contributed by atoms with Crippen LogP contribution in [0.15, 0.2) is 15.5 Å². The van der Waals surface area contributed by atoms with Crippen molar-refractivity contribution in [3.05, 3.63) is 21.0 Å². The molecule has 0 radical (unpaired) electrons. The maximum absolute atomic E-state index is 12.1. The standard InChI is InChI=1S/C12H19BrN4O/c1-14-5-6-16(2)10-7-15-17(8-9-3-4-9)12(18)11(10)13/h7,9,14H,3-6,8H2,1-2H3. The van der Waals surface area contributed by atoms with E-state index in [2.05, 4.69) is 26.3 Å². The zero-order valence-electron chi connectivity index (χ0n) is 10.8. The molecule has 1 aromatic heterocycles. The zero-order valence-corrected chi connectivity index (χ0v) is 12.4. The van der Waals surface area contributed by atoms with Crippen LogP contribution in [0, 0.1) is 5.92 Å². The van der Waals surface area contributed by atoms with E-state index in [9.17, 15) is 4.79 Å². The minimum absolute atomic E-state index is 0.0318. The Morgan fingerprint density at radius 3 is 2.94 bits per heavy atom. The van der Waals surface area contributed by atoms with E-state index in [-0.39, 0.29) is 5.56 Å². The molecule has 1 aliphatic carbocycles. The molecule has 0 atom stereocenters. The molecule has 1 aromatic rings. The third-order valence-electron chi connectivity index (χ3n) is 3.20. The SMILES string of the molecule is CNCCN(C)c1cnn(CC2CC2)c(=O)c1Br. The van der Waals surface area contributed by atoms with Crippen LogP contribution >= 0.6 is 15.9 Å². The van der Waals surface area contributed by atoms with Crippen molar-refractivity contribution >= 4 is 21.6 Å². The molecule has 0 bridgehead atoms. The topological polar surface area (TPSA) is 50.2 Å². The molecule has 0 spiro atoms. The van der Waals surface area contributed by atoms with Crippen LogP contribution in [-0.2, 0) is 6.54 Å². The average molecular weight is 315 g/mol. The van der Waals surface area contributed by atoms with Crippen LogP contribution in [0.4, 0.5) is 5.69 Å². The van der Waals surface area contributed by atoms with Gasteiger partial charge in [-0.05, 0) is 41.7 Å². The molecular formula is C12H19BrN4O. The van der Waals surface area contributed by atoms with Gasteiger partial charge in [-0.15, -0.1) is 0 Å². The number of aromatic nitrogens is 2. The van der Waals surface area contributed by atoms with Crippen LogP contribution < -0.4 is 15.8 Å². The maximum Gasteiger partial charge on any atom is 0.283 e. The molecular weight excluding hydrogens is 296 g/mol. The molecule has 1 heterocycles. The van der Waals surface area contributed by atoms with Gasteiger partial charge in [0, 0.05) is 26.7 Å². The average Bonchev–Trinajstić information content (AvgIpc) is 3.16. The molecule has 0 aromatic carbocycles. The van der Waals surface area contributed by atoms with E-state index in [1.54, 1.807) is 10.9 Å². The van der Waals surface area contributed by atoms with Crippen LogP contribution in [0.1, 0.15) is 12.8 Å². The summed E-state index contributed by atoms with van der Waals surface area (Å²) in [5.74, 6) is 0.648. The Hall–Kier alpha value is -0.880. The smallest absolute Gasteiger partial charge is 0.283 e. The zero-order chi connectivity index (χ0) is 13.1. The molecule has 5 nitrogen and oxygen atoms in total. The molecule has 1 fully saturated rings. The van der Waals surface area contributed by atoms with Crippen LogP contribution in [-0.4, -0.2) is 37.0 Å². The first-order chi connectivity index (χ1) is 8.63. The molecule has 1 saturated carbocycles. The van der Waals surface area contributed by atoms with E-state index in [4.69, 9.17) is 0 Å². The molecule has 0 saturated heterocycles. The summed E-state index contributed by atoms with van der Waals surface area (Å²) in [4.78, 5) is 14.2. The second-order valence-corrected chi connectivity index (χ2v) is 5.59. The van der Waals surface area contributed by atoms with E-state index in [0.29, 0.717) is 10.4 Å². The van der Waals surface area contributed by atoms with Crippen molar-refractivity contribution in [2.75, 3.05) is 32.1 Å². The Bertz CT molecular complexity index is 470. The number of nitrogens with one attached hydrogen (secondary N) is 1. The Morgan fingerprint density at radius 1 is 1.61 bits per heavy atom. The van der Waals surface area contributed by atoms with Crippen LogP contribution in [0.3, 0.4) is 0 Å². The fraction of sp³-hybridized carbons (Fsp3) is 0.667. The Kier molecular flexibility index (Phi) is 4.40. The number of likely N-dealkylation sites (N-methyl/N-ethyl adjacent to an activating group) is 2. The minimum atomic E-state index is -0.0318. The second-order valence-electron chi connectivity index (χ2n) is 4.80. The quantitative estimate of drug-likeness (QED) is 0.853. The highest BCUT2D eigenvalue weighted by molar-refractivity contribution is 9.10. The summed E-state index contributed by atoms with van der Waals surface area (Å²) >= 11 is 3.40. The highest BCUT2D eigenvalue weighted by Crippen LogP contribution is 2.30. The monoisotopic (exact) mass is 314 g/mol. The van der Waals surface area contributed by atoms with Gasteiger partial charge in [0.05, 0.1) is 11.9 Å². The van der Waals surface area contributed by atoms with E-state index >= 15 is 0 Å². The normalized spacial score (nSPS) is 14.8. The number of anilines is 1. The van der Waals surface area contributed by atoms with Gasteiger partial charge in [0.25, 0.3) is 5.56 Å². The summed E-state index contributed by atoms with van der Waals surface area (Å²) in [6.07, 6.45) is 4.20. The Labute approximate surface area is 115 Å². The molecule has 0 aliphatic heterocycles. The Morgan fingerprint density at radius 2 is 2.33 bits per heavy atom. The lowest BCUT2D eigenvalue weighted by molar-refractivity contribution is 0.530. The van der Waals surface area contributed by atoms with Crippen molar-refractivity contribution in [2.45, 2.75) is 19.4 Å². The molecule has 18 heavy (non-hydrogen) atoms. The summed E-state index contributed by atoms with van der Waals surface area (Å²) in [6, 6.07) is 0. The maximum atomic E-state index is 12.1. The highest BCUT2D eigenvalue weighted by atomic mass is 79.9. The van der Waals surface area contributed by atoms with E-state index in [1.165, 1.54) is 12.8 Å². The summed E-state index contributed by atoms with van der Waals surface area (Å²) in [7, 11) is 3.87. The Balaban J connectivity index is 2.16. The lowest BCUT2D eigenvalue weighted by Crippen LogP contribution is -2.31. The van der Waals surface area contributed by atoms with E-state index < -0.39 is 0 Å². The van der Waals surface area contributed by atoms with E-state index in [0.717, 1.165) is 25.3 Å². The van der Waals surface area contributed by atoms with Crippen molar-refractivity contribution in [2.24, 2.45) is 5.92 Å². The predicted molar refractivity (Wildman–Crippen MR) is 76.1 cm³/mol. The number of hydrogen-bond donors (Lipinski definition) is 1. The summed E-state index contributed by atoms with van der Waals surface area (Å²) < 4.78 is 2.17. The first-order valence-electron chi connectivity index (χ1n) is 6.25. The molecule has 0 unspecified atom stereocenters. The van der Waals surface area contributed by atoms with Gasteiger partial charge >= 0.3 is 0 Å². The molecule has 1 aliphatic rings. The fourth-order valence-electron chi connectivity index (χ4n) is 1.80. The van der Waals surface area contributed by atoms with Crippen molar-refractivity contribution in [3.63, 3.8) is 0 Å². The van der Waals surface area contributed by atoms with Crippen molar-refractivity contribution in [1.82, 2.24) is 15.1 Å². The lowest BCUT2D eigenvalue weighted by atomic mass is 10.4. The second kappa shape index (κ2) is 5.84. The van der Waals surface area contributed by atoms with Crippen LogP contribution in [0.2, 0.25) is 0 Å². The van der Waals surface area contributed by atoms with E-state index in [1.807, 2.05) is 19.0 Å². The molecule has 2 rings (SSSR count). The number of halogens is 1. The number of nitrogens with zero attached hydrogens (tertiary/aromatic N) is 3. The van der Waals surface area contributed by atoms with Gasteiger partial charge < -0.3 is 10.2 Å². The van der Waals surface area contributed by atoms with Crippen molar-refractivity contribution in [3.8, 4) is 0 Å². The molecule has 6 heteroatoms. The first-order valence-corrected chi connectivity index (χ1v) is 7.04. The summed E-state index contributed by atoms with van der Waals surface area (Å²) in [5.41, 5.74) is 0.818. The van der Waals surface area contributed by atoms with Gasteiger partial charge in [0.1, 0.15) is 4.47 Å². The first kappa shape index (κ1) is 13.5.